The first kappa shape index (κ1) is 40.4. The third-order valence-electron chi connectivity index (χ3n) is 8.02. The third-order valence-corrected chi connectivity index (χ3v) is 8.84. The molecular weight excluding hydrogens is 655 g/mol. The van der Waals surface area contributed by atoms with Gasteiger partial charge in [-0.15, -0.1) is 11.1 Å². The maximum Gasteiger partial charge on any atom is -1.00 e. The Morgan fingerprint density at radius 2 is 1.34 bits per heavy atom. The Kier molecular flexibility index (Phi) is 14.9. The number of fused-ring (bicyclic) bond motifs is 3. The zero-order chi connectivity index (χ0) is 31.5. The van der Waals surface area contributed by atoms with E-state index in [-0.39, 0.29) is 35.6 Å². The van der Waals surface area contributed by atoms with E-state index in [1.807, 2.05) is 0 Å². The van der Waals surface area contributed by atoms with Crippen molar-refractivity contribution in [2.45, 2.75) is 112 Å². The average molecular weight is 707 g/mol. The molecule has 0 N–H and O–H groups in total. The summed E-state index contributed by atoms with van der Waals surface area (Å²) in [5.74, 6) is 0. The van der Waals surface area contributed by atoms with Crippen LogP contribution in [0.15, 0.2) is 66.7 Å². The Bertz CT molecular complexity index is 1440. The zero-order valence-corrected chi connectivity index (χ0v) is 33.1. The van der Waals surface area contributed by atoms with Gasteiger partial charge in [0.1, 0.15) is 0 Å². The molecule has 44 heavy (non-hydrogen) atoms. The van der Waals surface area contributed by atoms with Gasteiger partial charge in [-0.25, -0.2) is 6.07 Å². The average Bonchev–Trinajstić information content (AvgIpc) is 3.48. The normalized spacial score (nSPS) is 11.9. The molecule has 1 aliphatic carbocycles. The summed E-state index contributed by atoms with van der Waals surface area (Å²) in [6.45, 7) is 26.9. The van der Waals surface area contributed by atoms with Crippen molar-refractivity contribution in [2.75, 3.05) is 0 Å². The molecule has 0 fully saturated rings. The minimum absolute atomic E-state index is 0. The van der Waals surface area contributed by atoms with Gasteiger partial charge in [-0.3, -0.25) is 0 Å². The molecule has 0 atom stereocenters. The summed E-state index contributed by atoms with van der Waals surface area (Å²) in [6, 6.07) is 28.3. The van der Waals surface area contributed by atoms with Crippen molar-refractivity contribution in [3.63, 3.8) is 0 Å². The standard InChI is InChI=1S/C21H25.C12H19.C8H8.2ClH.Zr/c1-20(2,3)16-7-9-18-14(12-16)11-15-13-17(21(4,5)6)8-10-19(15)18;1-6-10-7-9(2)8-11(10)12(3,4)5;1-7-3-5-8(2)6-4-7;;;/h7-10,12H,11H2,1-6H3;7-8H,6H2,1-5H3;1,3-6H,2H3;2*1H;/q2*-1;;;;+2/p-2. The summed E-state index contributed by atoms with van der Waals surface area (Å²) in [4.78, 5) is 0. The fourth-order valence-corrected chi connectivity index (χ4v) is 5.87. The van der Waals surface area contributed by atoms with Crippen LogP contribution in [0, 0.1) is 19.9 Å². The number of aryl methyl sites for hydroxylation is 3. The van der Waals surface area contributed by atoms with Gasteiger partial charge in [-0.05, 0) is 28.4 Å². The van der Waals surface area contributed by atoms with Crippen LogP contribution in [0.1, 0.15) is 119 Å². The molecule has 5 rings (SSSR count). The topological polar surface area (TPSA) is 0 Å². The van der Waals surface area contributed by atoms with Crippen LogP contribution < -0.4 is 24.8 Å². The predicted octanol–water partition coefficient (Wildman–Crippen LogP) is 4.93. The van der Waals surface area contributed by atoms with Crippen molar-refractivity contribution in [1.82, 2.24) is 0 Å². The van der Waals surface area contributed by atoms with Crippen LogP contribution in [0.4, 0.5) is 0 Å². The molecule has 0 saturated carbocycles. The Morgan fingerprint density at radius 3 is 1.82 bits per heavy atom. The molecule has 0 aromatic heterocycles. The van der Waals surface area contributed by atoms with Crippen LogP contribution in [-0.4, -0.2) is 3.71 Å². The second kappa shape index (κ2) is 16.3. The van der Waals surface area contributed by atoms with Crippen molar-refractivity contribution in [1.29, 1.82) is 0 Å². The molecule has 3 heteroatoms. The van der Waals surface area contributed by atoms with E-state index in [9.17, 15) is 0 Å². The number of rotatable bonds is 2. The minimum Gasteiger partial charge on any atom is -1.00 e. The molecule has 4 aromatic rings. The first-order chi connectivity index (χ1) is 19.4. The van der Waals surface area contributed by atoms with Gasteiger partial charge < -0.3 is 24.8 Å². The molecular formula is C41H52Cl2Zr-2. The van der Waals surface area contributed by atoms with Gasteiger partial charge in [0.25, 0.3) is 0 Å². The largest absolute Gasteiger partial charge is 1.00 e. The van der Waals surface area contributed by atoms with Crippen LogP contribution in [0.3, 0.4) is 0 Å². The summed E-state index contributed by atoms with van der Waals surface area (Å²) in [7, 11) is 0. The second-order valence-electron chi connectivity index (χ2n) is 14.9. The van der Waals surface area contributed by atoms with Crippen LogP contribution >= 0.6 is 0 Å². The number of benzene rings is 3. The minimum atomic E-state index is 0. The van der Waals surface area contributed by atoms with Crippen LogP contribution in [0.25, 0.3) is 11.1 Å². The Labute approximate surface area is 297 Å². The molecule has 4 aromatic carbocycles. The SMILES string of the molecule is CC(C)(C)c1[c-]c2c(cc1)-c1ccc(C(C)(C)C)cc1C2.CCc1[cH-]c(C)cc1C(C)(C)C.Cc1ccc([CH]=[Zr+2])cc1.[Cl-].[Cl-]. The monoisotopic (exact) mass is 704 g/mol. The summed E-state index contributed by atoms with van der Waals surface area (Å²) in [5.41, 5.74) is 16.1. The van der Waals surface area contributed by atoms with Crippen molar-refractivity contribution in [3.05, 3.63) is 123 Å². The van der Waals surface area contributed by atoms with E-state index in [4.69, 9.17) is 0 Å². The number of hydrogen-bond donors (Lipinski definition) is 0. The van der Waals surface area contributed by atoms with Gasteiger partial charge in [-0.1, -0.05) is 112 Å². The fraction of sp³-hybridized carbons (Fsp3) is 0.415. The van der Waals surface area contributed by atoms with Crippen LogP contribution in [0.5, 0.6) is 0 Å². The third kappa shape index (κ3) is 10.7. The molecule has 0 bridgehead atoms. The Balaban J connectivity index is 0.000000359. The molecule has 0 heterocycles. The van der Waals surface area contributed by atoms with E-state index in [1.54, 1.807) is 0 Å². The summed E-state index contributed by atoms with van der Waals surface area (Å²) in [5, 5.41) is 0. The first-order valence-corrected chi connectivity index (χ1v) is 16.9. The molecule has 1 aliphatic rings. The maximum absolute atomic E-state index is 3.67. The predicted molar refractivity (Wildman–Crippen MR) is 182 cm³/mol. The van der Waals surface area contributed by atoms with Gasteiger partial charge in [-0.2, -0.15) is 46.5 Å². The fourth-order valence-electron chi connectivity index (χ4n) is 5.40. The summed E-state index contributed by atoms with van der Waals surface area (Å²) < 4.78 is 2.19. The smallest absolute Gasteiger partial charge is 1.00 e. The van der Waals surface area contributed by atoms with E-state index in [0.29, 0.717) is 5.41 Å². The Morgan fingerprint density at radius 1 is 0.750 bits per heavy atom. The molecule has 0 spiro atoms. The molecule has 0 saturated heterocycles. The van der Waals surface area contributed by atoms with E-state index < -0.39 is 0 Å². The van der Waals surface area contributed by atoms with E-state index in [2.05, 4.69) is 160 Å². The first-order valence-electron chi connectivity index (χ1n) is 15.5. The van der Waals surface area contributed by atoms with Gasteiger partial charge in [0.15, 0.2) is 0 Å². The van der Waals surface area contributed by atoms with Crippen molar-refractivity contribution < 1.29 is 49.0 Å². The van der Waals surface area contributed by atoms with Gasteiger partial charge in [0.2, 0.25) is 0 Å². The number of hydrogen-bond acceptors (Lipinski definition) is 0. The summed E-state index contributed by atoms with van der Waals surface area (Å²) >= 11 is 1.47. The quantitative estimate of drug-likeness (QED) is 0.229. The molecule has 0 amide bonds. The van der Waals surface area contributed by atoms with E-state index >= 15 is 0 Å². The van der Waals surface area contributed by atoms with Crippen molar-refractivity contribution in [2.24, 2.45) is 0 Å². The zero-order valence-electron chi connectivity index (χ0n) is 29.1. The molecule has 236 valence electrons. The van der Waals surface area contributed by atoms with E-state index in [1.165, 1.54) is 85.4 Å². The van der Waals surface area contributed by atoms with Crippen molar-refractivity contribution >= 4 is 3.71 Å². The molecule has 0 unspecified atom stereocenters. The van der Waals surface area contributed by atoms with Crippen molar-refractivity contribution in [3.8, 4) is 11.1 Å². The second-order valence-corrected chi connectivity index (χ2v) is 15.7. The molecule has 0 nitrogen and oxygen atoms in total. The van der Waals surface area contributed by atoms with Gasteiger partial charge >= 0.3 is 70.3 Å². The van der Waals surface area contributed by atoms with Gasteiger partial charge in [0, 0.05) is 0 Å². The molecule has 0 radical (unpaired) electrons. The van der Waals surface area contributed by atoms with E-state index in [0.717, 1.165) is 12.8 Å². The van der Waals surface area contributed by atoms with Crippen LogP contribution in [0.2, 0.25) is 0 Å². The van der Waals surface area contributed by atoms with Crippen LogP contribution in [-0.2, 0) is 53.3 Å². The maximum atomic E-state index is 3.67. The molecule has 0 aliphatic heterocycles. The Hall–Kier alpha value is -1.66. The summed E-state index contributed by atoms with van der Waals surface area (Å²) in [6.07, 6.45) is 2.18. The van der Waals surface area contributed by atoms with Gasteiger partial charge in [0.05, 0.1) is 0 Å². The number of halogens is 2.